The molecule has 0 aliphatic heterocycles. The maximum absolute atomic E-state index is 11.8. The number of rotatable bonds is 5. The molecule has 0 saturated carbocycles. The number of aryl methyl sites for hydroxylation is 2. The van der Waals surface area contributed by atoms with Crippen LogP contribution in [0.1, 0.15) is 29.4 Å². The summed E-state index contributed by atoms with van der Waals surface area (Å²) in [5.41, 5.74) is 1.26. The van der Waals surface area contributed by atoms with Crippen molar-refractivity contribution in [1.82, 2.24) is 10.5 Å². The predicted molar refractivity (Wildman–Crippen MR) is 81.9 cm³/mol. The third-order valence-corrected chi connectivity index (χ3v) is 4.22. The Kier molecular flexibility index (Phi) is 5.22. The van der Waals surface area contributed by atoms with Crippen LogP contribution in [0.25, 0.3) is 0 Å². The van der Waals surface area contributed by atoms with E-state index in [1.165, 1.54) is 11.3 Å². The largest absolute Gasteiger partial charge is 0.386 e. The molecule has 2 aromatic heterocycles. The Labute approximate surface area is 131 Å². The number of anilines is 1. The van der Waals surface area contributed by atoms with Gasteiger partial charge in [0.1, 0.15) is 17.5 Å². The number of carbonyl (C=O) groups excluding carboxylic acids is 1. The quantitative estimate of drug-likeness (QED) is 0.786. The van der Waals surface area contributed by atoms with Crippen LogP contribution in [0.3, 0.4) is 0 Å². The molecule has 0 bridgehead atoms. The number of urea groups is 1. The standard InChI is InChI=1S/C13H16ClN3O3S/c1-3-8-12(7(2)20-17-8)16-13(19)15-6-9(18)10-4-5-11(14)21-10/h4-5,9,18H,3,6H2,1-2H3,(H2,15,16,19). The fraction of sp³-hybridized carbons (Fsp3) is 0.385. The van der Waals surface area contributed by atoms with Gasteiger partial charge in [0, 0.05) is 4.88 Å². The molecule has 0 saturated heterocycles. The molecule has 0 spiro atoms. The number of aliphatic hydroxyl groups excluding tert-OH is 1. The van der Waals surface area contributed by atoms with E-state index < -0.39 is 12.1 Å². The Morgan fingerprint density at radius 3 is 2.95 bits per heavy atom. The zero-order valence-electron chi connectivity index (χ0n) is 11.6. The molecule has 6 nitrogen and oxygen atoms in total. The van der Waals surface area contributed by atoms with E-state index in [0.717, 1.165) is 0 Å². The molecule has 0 aliphatic carbocycles. The average Bonchev–Trinajstić information content (AvgIpc) is 3.03. The molecule has 8 heteroatoms. The summed E-state index contributed by atoms with van der Waals surface area (Å²) in [6.07, 6.45) is -0.133. The van der Waals surface area contributed by atoms with Gasteiger partial charge in [-0.2, -0.15) is 0 Å². The molecule has 0 radical (unpaired) electrons. The first-order valence-corrected chi connectivity index (χ1v) is 7.64. The molecular formula is C13H16ClN3O3S. The summed E-state index contributed by atoms with van der Waals surface area (Å²) in [7, 11) is 0. The maximum Gasteiger partial charge on any atom is 0.319 e. The van der Waals surface area contributed by atoms with E-state index in [2.05, 4.69) is 15.8 Å². The second-order valence-corrected chi connectivity index (χ2v) is 6.15. The van der Waals surface area contributed by atoms with Crippen LogP contribution in [0.15, 0.2) is 16.7 Å². The van der Waals surface area contributed by atoms with Crippen LogP contribution in [0.5, 0.6) is 0 Å². The summed E-state index contributed by atoms with van der Waals surface area (Å²) in [6.45, 7) is 3.74. The fourth-order valence-electron chi connectivity index (χ4n) is 1.77. The van der Waals surface area contributed by atoms with E-state index in [1.54, 1.807) is 19.1 Å². The summed E-state index contributed by atoms with van der Waals surface area (Å²) in [6, 6.07) is 3.02. The monoisotopic (exact) mass is 329 g/mol. The van der Waals surface area contributed by atoms with Gasteiger partial charge in [0.2, 0.25) is 0 Å². The van der Waals surface area contributed by atoms with Crippen LogP contribution in [0.2, 0.25) is 4.34 Å². The van der Waals surface area contributed by atoms with Gasteiger partial charge in [-0.05, 0) is 25.5 Å². The van der Waals surface area contributed by atoms with Gasteiger partial charge in [-0.15, -0.1) is 11.3 Å². The minimum Gasteiger partial charge on any atom is -0.386 e. The summed E-state index contributed by atoms with van der Waals surface area (Å²) in [5.74, 6) is 0.549. The van der Waals surface area contributed by atoms with Crippen molar-refractivity contribution in [1.29, 1.82) is 0 Å². The number of aromatic nitrogens is 1. The van der Waals surface area contributed by atoms with Crippen LogP contribution in [0, 0.1) is 6.92 Å². The molecule has 2 heterocycles. The Hall–Kier alpha value is -1.57. The molecule has 0 aliphatic rings. The number of halogens is 1. The van der Waals surface area contributed by atoms with Gasteiger partial charge in [-0.3, -0.25) is 0 Å². The average molecular weight is 330 g/mol. The number of hydrogen-bond acceptors (Lipinski definition) is 5. The van der Waals surface area contributed by atoms with Crippen molar-refractivity contribution in [2.75, 3.05) is 11.9 Å². The van der Waals surface area contributed by atoms with E-state index in [4.69, 9.17) is 16.1 Å². The van der Waals surface area contributed by atoms with Crippen molar-refractivity contribution in [3.8, 4) is 0 Å². The lowest BCUT2D eigenvalue weighted by molar-refractivity contribution is 0.178. The van der Waals surface area contributed by atoms with Crippen LogP contribution >= 0.6 is 22.9 Å². The second kappa shape index (κ2) is 6.93. The van der Waals surface area contributed by atoms with Crippen LogP contribution in [0.4, 0.5) is 10.5 Å². The molecule has 2 amide bonds. The Balaban J connectivity index is 1.89. The molecule has 1 unspecified atom stereocenters. The molecule has 2 rings (SSSR count). The Bertz CT molecular complexity index is 626. The third-order valence-electron chi connectivity index (χ3n) is 2.89. The molecule has 0 aromatic carbocycles. The lowest BCUT2D eigenvalue weighted by Gasteiger charge is -2.11. The van der Waals surface area contributed by atoms with Gasteiger partial charge in [0.05, 0.1) is 10.9 Å². The highest BCUT2D eigenvalue weighted by Crippen LogP contribution is 2.26. The number of aliphatic hydroxyl groups is 1. The van der Waals surface area contributed by atoms with E-state index >= 15 is 0 Å². The van der Waals surface area contributed by atoms with Crippen molar-refractivity contribution < 1.29 is 14.4 Å². The first kappa shape index (κ1) is 15.8. The lowest BCUT2D eigenvalue weighted by Crippen LogP contribution is -2.32. The number of nitrogens with zero attached hydrogens (tertiary/aromatic N) is 1. The molecule has 0 fully saturated rings. The number of carbonyl (C=O) groups is 1. The Morgan fingerprint density at radius 2 is 2.33 bits per heavy atom. The number of nitrogens with one attached hydrogen (secondary N) is 2. The zero-order chi connectivity index (χ0) is 15.4. The van der Waals surface area contributed by atoms with Gasteiger partial charge >= 0.3 is 6.03 Å². The number of thiophene rings is 1. The Morgan fingerprint density at radius 1 is 1.57 bits per heavy atom. The van der Waals surface area contributed by atoms with Crippen LogP contribution < -0.4 is 10.6 Å². The van der Waals surface area contributed by atoms with Crippen molar-refractivity contribution >= 4 is 34.7 Å². The summed E-state index contributed by atoms with van der Waals surface area (Å²) in [5, 5.41) is 19.1. The second-order valence-electron chi connectivity index (χ2n) is 4.41. The highest BCUT2D eigenvalue weighted by molar-refractivity contribution is 7.16. The summed E-state index contributed by atoms with van der Waals surface area (Å²) in [4.78, 5) is 12.6. The van der Waals surface area contributed by atoms with Crippen LogP contribution in [-0.4, -0.2) is 22.8 Å². The van der Waals surface area contributed by atoms with Gasteiger partial charge in [0.15, 0.2) is 5.76 Å². The first-order chi connectivity index (χ1) is 10.0. The topological polar surface area (TPSA) is 87.4 Å². The highest BCUT2D eigenvalue weighted by atomic mass is 35.5. The molecule has 3 N–H and O–H groups in total. The predicted octanol–water partition coefficient (Wildman–Crippen LogP) is 3.12. The minimum absolute atomic E-state index is 0.0917. The van der Waals surface area contributed by atoms with E-state index in [1.807, 2.05) is 6.92 Å². The summed E-state index contributed by atoms with van der Waals surface area (Å²) < 4.78 is 5.63. The molecule has 1 atom stereocenters. The van der Waals surface area contributed by atoms with Crippen molar-refractivity contribution in [2.45, 2.75) is 26.4 Å². The van der Waals surface area contributed by atoms with Gasteiger partial charge in [0.25, 0.3) is 0 Å². The first-order valence-electron chi connectivity index (χ1n) is 6.44. The van der Waals surface area contributed by atoms with Gasteiger partial charge < -0.3 is 20.3 Å². The van der Waals surface area contributed by atoms with E-state index in [0.29, 0.717) is 32.8 Å². The number of amides is 2. The van der Waals surface area contributed by atoms with Crippen molar-refractivity contribution in [2.24, 2.45) is 0 Å². The molecule has 21 heavy (non-hydrogen) atoms. The minimum atomic E-state index is -0.789. The van der Waals surface area contributed by atoms with Gasteiger partial charge in [-0.1, -0.05) is 23.7 Å². The fourth-order valence-corrected chi connectivity index (χ4v) is 2.82. The molecule has 2 aromatic rings. The van der Waals surface area contributed by atoms with Crippen molar-refractivity contribution in [3.63, 3.8) is 0 Å². The van der Waals surface area contributed by atoms with E-state index in [9.17, 15) is 9.90 Å². The van der Waals surface area contributed by atoms with Crippen molar-refractivity contribution in [3.05, 3.63) is 32.8 Å². The number of hydrogen-bond donors (Lipinski definition) is 3. The smallest absolute Gasteiger partial charge is 0.319 e. The maximum atomic E-state index is 11.8. The third kappa shape index (κ3) is 3.96. The normalized spacial score (nSPS) is 12.2. The van der Waals surface area contributed by atoms with Gasteiger partial charge in [-0.25, -0.2) is 4.79 Å². The molecular weight excluding hydrogens is 314 g/mol. The molecule has 114 valence electrons. The lowest BCUT2D eigenvalue weighted by atomic mass is 10.2. The van der Waals surface area contributed by atoms with E-state index in [-0.39, 0.29) is 6.54 Å². The SMILES string of the molecule is CCc1noc(C)c1NC(=O)NCC(O)c1ccc(Cl)s1. The highest BCUT2D eigenvalue weighted by Gasteiger charge is 2.16. The summed E-state index contributed by atoms with van der Waals surface area (Å²) >= 11 is 7.08. The zero-order valence-corrected chi connectivity index (χ0v) is 13.2. The van der Waals surface area contributed by atoms with Crippen LogP contribution in [-0.2, 0) is 6.42 Å².